The Morgan fingerprint density at radius 3 is 2.77 bits per heavy atom. The topological polar surface area (TPSA) is 95.1 Å². The molecule has 3 heterocycles. The summed E-state index contributed by atoms with van der Waals surface area (Å²) in [5, 5.41) is 11.9. The summed E-state index contributed by atoms with van der Waals surface area (Å²) < 4.78 is 13.2. The van der Waals surface area contributed by atoms with E-state index < -0.39 is 5.91 Å². The quantitative estimate of drug-likeness (QED) is 0.433. The summed E-state index contributed by atoms with van der Waals surface area (Å²) in [4.78, 5) is 17.4. The predicted octanol–water partition coefficient (Wildman–Crippen LogP) is 4.71. The van der Waals surface area contributed by atoms with Crippen LogP contribution in [0.1, 0.15) is 16.2 Å². The fraction of sp³-hybridized carbons (Fsp3) is 0.0909. The van der Waals surface area contributed by atoms with Gasteiger partial charge in [0.05, 0.1) is 23.0 Å². The van der Waals surface area contributed by atoms with Crippen molar-refractivity contribution in [2.75, 3.05) is 12.4 Å². The van der Waals surface area contributed by atoms with Crippen LogP contribution in [-0.4, -0.2) is 32.9 Å². The molecule has 0 radical (unpaired) electrons. The van der Waals surface area contributed by atoms with Gasteiger partial charge in [0, 0.05) is 17.7 Å². The maximum atomic E-state index is 12.8. The van der Waals surface area contributed by atoms with Gasteiger partial charge in [0.25, 0.3) is 5.91 Å². The summed E-state index contributed by atoms with van der Waals surface area (Å²) in [5.41, 5.74) is 2.60. The Morgan fingerprint density at radius 1 is 1.13 bits per heavy atom. The molecule has 8 nitrogen and oxygen atoms in total. The molecule has 0 saturated carbocycles. The third kappa shape index (κ3) is 3.66. The number of carbonyl (C=O) groups is 1. The van der Waals surface area contributed by atoms with Crippen molar-refractivity contribution in [3.63, 3.8) is 0 Å². The van der Waals surface area contributed by atoms with Gasteiger partial charge in [0.15, 0.2) is 11.5 Å². The highest BCUT2D eigenvalue weighted by atomic mass is 32.1. The van der Waals surface area contributed by atoms with Gasteiger partial charge < -0.3 is 14.6 Å². The number of anilines is 1. The van der Waals surface area contributed by atoms with E-state index in [0.717, 1.165) is 27.2 Å². The van der Waals surface area contributed by atoms with Crippen molar-refractivity contribution in [3.8, 4) is 22.2 Å². The number of thiazole rings is 1. The minimum atomic E-state index is -0.394. The van der Waals surface area contributed by atoms with Crippen LogP contribution in [0.25, 0.3) is 26.7 Å². The molecular formula is C22H17N5O3S. The van der Waals surface area contributed by atoms with E-state index >= 15 is 0 Å². The maximum absolute atomic E-state index is 12.8. The van der Waals surface area contributed by atoms with Crippen molar-refractivity contribution < 1.29 is 14.1 Å². The fourth-order valence-electron chi connectivity index (χ4n) is 3.15. The van der Waals surface area contributed by atoms with Gasteiger partial charge >= 0.3 is 0 Å². The Bertz CT molecular complexity index is 1390. The van der Waals surface area contributed by atoms with Gasteiger partial charge in [-0.25, -0.2) is 4.98 Å². The van der Waals surface area contributed by atoms with Crippen molar-refractivity contribution in [2.45, 2.75) is 6.92 Å². The molecule has 0 aliphatic rings. The molecular weight excluding hydrogens is 414 g/mol. The SMILES string of the molecule is COc1ccc2nc(-n3nc(C)cc3NC(=O)c3cc(-c4ccccc4)on3)sc2c1. The third-order valence-corrected chi connectivity index (χ3v) is 5.63. The van der Waals surface area contributed by atoms with Gasteiger partial charge in [0.1, 0.15) is 11.6 Å². The van der Waals surface area contributed by atoms with E-state index in [1.165, 1.54) is 11.3 Å². The molecule has 1 N–H and O–H groups in total. The molecule has 0 spiro atoms. The van der Waals surface area contributed by atoms with Crippen LogP contribution in [0.2, 0.25) is 0 Å². The van der Waals surface area contributed by atoms with Crippen molar-refractivity contribution in [1.29, 1.82) is 0 Å². The predicted molar refractivity (Wildman–Crippen MR) is 118 cm³/mol. The molecule has 31 heavy (non-hydrogen) atoms. The van der Waals surface area contributed by atoms with Crippen LogP contribution in [0.4, 0.5) is 5.82 Å². The second-order valence-corrected chi connectivity index (χ2v) is 7.82. The lowest BCUT2D eigenvalue weighted by Crippen LogP contribution is -2.15. The molecule has 0 aliphatic carbocycles. The number of methoxy groups -OCH3 is 1. The Labute approximate surface area is 181 Å². The minimum Gasteiger partial charge on any atom is -0.497 e. The molecule has 0 fully saturated rings. The highest BCUT2D eigenvalue weighted by Crippen LogP contribution is 2.30. The van der Waals surface area contributed by atoms with Crippen LogP contribution in [0.5, 0.6) is 5.75 Å². The average molecular weight is 431 g/mol. The summed E-state index contributed by atoms with van der Waals surface area (Å²) >= 11 is 1.46. The van der Waals surface area contributed by atoms with Crippen molar-refractivity contribution in [3.05, 3.63) is 72.1 Å². The first-order valence-corrected chi connectivity index (χ1v) is 10.3. The number of carbonyl (C=O) groups excluding carboxylic acids is 1. The number of hydrogen-bond acceptors (Lipinski definition) is 7. The van der Waals surface area contributed by atoms with E-state index in [2.05, 4.69) is 20.6 Å². The lowest BCUT2D eigenvalue weighted by molar-refractivity contribution is 0.101. The summed E-state index contributed by atoms with van der Waals surface area (Å²) in [7, 11) is 1.63. The summed E-state index contributed by atoms with van der Waals surface area (Å²) in [5.74, 6) is 1.39. The lowest BCUT2D eigenvalue weighted by atomic mass is 10.1. The molecule has 154 valence electrons. The Morgan fingerprint density at radius 2 is 1.97 bits per heavy atom. The molecule has 0 bridgehead atoms. The first-order valence-electron chi connectivity index (χ1n) is 9.46. The lowest BCUT2D eigenvalue weighted by Gasteiger charge is -2.04. The number of rotatable bonds is 5. The Balaban J connectivity index is 1.43. The monoisotopic (exact) mass is 431 g/mol. The van der Waals surface area contributed by atoms with Gasteiger partial charge in [-0.2, -0.15) is 9.78 Å². The zero-order valence-corrected chi connectivity index (χ0v) is 17.5. The summed E-state index contributed by atoms with van der Waals surface area (Å²) in [6.45, 7) is 1.85. The van der Waals surface area contributed by atoms with Crippen LogP contribution >= 0.6 is 11.3 Å². The fourth-order valence-corrected chi connectivity index (χ4v) is 4.11. The number of nitrogens with zero attached hydrogens (tertiary/aromatic N) is 4. The van der Waals surface area contributed by atoms with Crippen molar-refractivity contribution >= 4 is 33.3 Å². The number of hydrogen-bond donors (Lipinski definition) is 1. The molecule has 0 unspecified atom stereocenters. The third-order valence-electron chi connectivity index (χ3n) is 4.64. The highest BCUT2D eigenvalue weighted by molar-refractivity contribution is 7.20. The van der Waals surface area contributed by atoms with Crippen LogP contribution in [-0.2, 0) is 0 Å². The Hall–Kier alpha value is -3.98. The van der Waals surface area contributed by atoms with Crippen molar-refractivity contribution in [2.24, 2.45) is 0 Å². The summed E-state index contributed by atoms with van der Waals surface area (Å²) in [6, 6.07) is 18.6. The maximum Gasteiger partial charge on any atom is 0.279 e. The van der Waals surface area contributed by atoms with Gasteiger partial charge in [-0.3, -0.25) is 4.79 Å². The van der Waals surface area contributed by atoms with Crippen molar-refractivity contribution in [1.82, 2.24) is 19.9 Å². The average Bonchev–Trinajstić information content (AvgIpc) is 3.51. The molecule has 0 atom stereocenters. The molecule has 5 aromatic rings. The molecule has 3 aromatic heterocycles. The Kier molecular flexibility index (Phi) is 4.72. The standard InChI is InChI=1S/C22H17N5O3S/c1-13-10-20(24-21(28)17-12-18(30-26-17)14-6-4-3-5-7-14)27(25-13)22-23-16-9-8-15(29-2)11-19(16)31-22/h3-12H,1-2H3,(H,24,28). The van der Waals surface area contributed by atoms with E-state index in [9.17, 15) is 4.79 Å². The highest BCUT2D eigenvalue weighted by Gasteiger charge is 2.18. The number of amides is 1. The zero-order valence-electron chi connectivity index (χ0n) is 16.7. The minimum absolute atomic E-state index is 0.179. The van der Waals surface area contributed by atoms with E-state index in [0.29, 0.717) is 16.7 Å². The second kappa shape index (κ2) is 7.69. The van der Waals surface area contributed by atoms with E-state index in [1.54, 1.807) is 23.9 Å². The van der Waals surface area contributed by atoms with E-state index in [1.807, 2.05) is 55.5 Å². The number of nitrogens with one attached hydrogen (secondary N) is 1. The van der Waals surface area contributed by atoms with Gasteiger partial charge in [-0.1, -0.05) is 46.8 Å². The molecule has 5 rings (SSSR count). The number of aromatic nitrogens is 4. The number of aryl methyl sites for hydroxylation is 1. The molecule has 9 heteroatoms. The summed E-state index contributed by atoms with van der Waals surface area (Å²) in [6.07, 6.45) is 0. The van der Waals surface area contributed by atoms with Crippen LogP contribution in [0.15, 0.2) is 65.2 Å². The molecule has 1 amide bonds. The second-order valence-electron chi connectivity index (χ2n) is 6.81. The number of benzene rings is 2. The van der Waals surface area contributed by atoms with Gasteiger partial charge in [-0.05, 0) is 25.1 Å². The largest absolute Gasteiger partial charge is 0.497 e. The molecule has 0 saturated heterocycles. The smallest absolute Gasteiger partial charge is 0.279 e. The normalized spacial score (nSPS) is 11.0. The van der Waals surface area contributed by atoms with E-state index in [4.69, 9.17) is 9.26 Å². The molecule has 2 aromatic carbocycles. The zero-order chi connectivity index (χ0) is 21.4. The first kappa shape index (κ1) is 19.0. The van der Waals surface area contributed by atoms with Crippen LogP contribution < -0.4 is 10.1 Å². The number of fused-ring (bicyclic) bond motifs is 1. The van der Waals surface area contributed by atoms with Gasteiger partial charge in [0.2, 0.25) is 5.13 Å². The van der Waals surface area contributed by atoms with E-state index in [-0.39, 0.29) is 5.69 Å². The molecule has 0 aliphatic heterocycles. The first-order chi connectivity index (χ1) is 15.1. The van der Waals surface area contributed by atoms with Crippen LogP contribution in [0, 0.1) is 6.92 Å². The number of ether oxygens (including phenoxy) is 1. The van der Waals surface area contributed by atoms with Crippen LogP contribution in [0.3, 0.4) is 0 Å². The van der Waals surface area contributed by atoms with Gasteiger partial charge in [-0.15, -0.1) is 0 Å².